The molecule has 0 saturated heterocycles. The van der Waals surface area contributed by atoms with Crippen molar-refractivity contribution < 1.29 is 9.52 Å². The number of aryl methyl sites for hydroxylation is 1. The van der Waals surface area contributed by atoms with Crippen molar-refractivity contribution in [2.75, 3.05) is 17.4 Å². The number of benzene rings is 1. The molecule has 1 unspecified atom stereocenters. The Bertz CT molecular complexity index is 1060. The second-order valence-corrected chi connectivity index (χ2v) is 6.45. The van der Waals surface area contributed by atoms with Crippen LogP contribution in [0.2, 0.25) is 0 Å². The summed E-state index contributed by atoms with van der Waals surface area (Å²) in [5.74, 6) is 0.943. The number of nitrogens with one attached hydrogen (secondary N) is 3. The Labute approximate surface area is 161 Å². The van der Waals surface area contributed by atoms with Gasteiger partial charge in [0, 0.05) is 5.56 Å². The van der Waals surface area contributed by atoms with E-state index in [1.165, 1.54) is 18.2 Å². The highest BCUT2D eigenvalue weighted by Crippen LogP contribution is 2.34. The first kappa shape index (κ1) is 17.7. The third-order valence-corrected chi connectivity index (χ3v) is 4.79. The lowest BCUT2D eigenvalue weighted by molar-refractivity contribution is 0.325. The normalized spacial score (nSPS) is 14.9. The molecule has 1 aliphatic rings. The molecule has 28 heavy (non-hydrogen) atoms. The minimum atomic E-state index is -0.275. The summed E-state index contributed by atoms with van der Waals surface area (Å²) in [6.45, 7) is -0.275. The number of nitriles is 1. The lowest BCUT2D eigenvalue weighted by atomic mass is 10.0. The van der Waals surface area contributed by atoms with Gasteiger partial charge in [-0.15, -0.1) is 0 Å². The van der Waals surface area contributed by atoms with Crippen molar-refractivity contribution in [2.24, 2.45) is 0 Å². The molecule has 2 heterocycles. The van der Waals surface area contributed by atoms with Crippen molar-refractivity contribution in [1.29, 1.82) is 10.7 Å². The van der Waals surface area contributed by atoms with E-state index >= 15 is 0 Å². The molecule has 0 saturated carbocycles. The SMILES string of the molecule is N#Cc1ccc2c(c1)CCC2Nc1cc(C(=N)c2cnco2)c(NCO)cn1. The zero-order valence-corrected chi connectivity index (χ0v) is 14.9. The van der Waals surface area contributed by atoms with E-state index in [9.17, 15) is 5.11 Å². The number of aliphatic hydroxyl groups is 1. The summed E-state index contributed by atoms with van der Waals surface area (Å²) in [6, 6.07) is 9.76. The largest absolute Gasteiger partial charge is 0.442 e. The molecule has 0 bridgehead atoms. The molecule has 3 aromatic rings. The summed E-state index contributed by atoms with van der Waals surface area (Å²) in [5.41, 5.74) is 4.21. The predicted molar refractivity (Wildman–Crippen MR) is 103 cm³/mol. The Morgan fingerprint density at radius 2 is 2.25 bits per heavy atom. The molecular formula is C20H18N6O2. The number of rotatable bonds is 6. The molecule has 0 fully saturated rings. The topological polar surface area (TPSA) is 131 Å². The van der Waals surface area contributed by atoms with Crippen LogP contribution in [0.15, 0.2) is 47.5 Å². The first-order chi connectivity index (χ1) is 13.7. The van der Waals surface area contributed by atoms with E-state index in [1.54, 1.807) is 12.3 Å². The van der Waals surface area contributed by atoms with Crippen LogP contribution in [0.25, 0.3) is 0 Å². The molecule has 0 aliphatic heterocycles. The molecular weight excluding hydrogens is 356 g/mol. The summed E-state index contributed by atoms with van der Waals surface area (Å²) < 4.78 is 5.23. The van der Waals surface area contributed by atoms with Crippen LogP contribution in [0.5, 0.6) is 0 Å². The Balaban J connectivity index is 1.62. The van der Waals surface area contributed by atoms with Gasteiger partial charge in [0.2, 0.25) is 0 Å². The Morgan fingerprint density at radius 1 is 1.36 bits per heavy atom. The van der Waals surface area contributed by atoms with Crippen LogP contribution in [0.1, 0.15) is 40.5 Å². The van der Waals surface area contributed by atoms with Crippen LogP contribution in [0.3, 0.4) is 0 Å². The fraction of sp³-hybridized carbons (Fsp3) is 0.200. The van der Waals surface area contributed by atoms with Crippen molar-refractivity contribution in [3.63, 3.8) is 0 Å². The van der Waals surface area contributed by atoms with Gasteiger partial charge in [-0.3, -0.25) is 5.41 Å². The minimum absolute atomic E-state index is 0.0826. The number of hydrogen-bond donors (Lipinski definition) is 4. The first-order valence-corrected chi connectivity index (χ1v) is 8.81. The van der Waals surface area contributed by atoms with Gasteiger partial charge in [-0.25, -0.2) is 9.97 Å². The highest BCUT2D eigenvalue weighted by atomic mass is 16.3. The molecule has 140 valence electrons. The van der Waals surface area contributed by atoms with Gasteiger partial charge >= 0.3 is 0 Å². The molecule has 1 aliphatic carbocycles. The number of anilines is 2. The smallest absolute Gasteiger partial charge is 0.181 e. The quantitative estimate of drug-likeness (QED) is 0.385. The highest BCUT2D eigenvalue weighted by Gasteiger charge is 2.23. The lowest BCUT2D eigenvalue weighted by Gasteiger charge is -2.17. The van der Waals surface area contributed by atoms with E-state index in [4.69, 9.17) is 15.1 Å². The number of hydrogen-bond acceptors (Lipinski definition) is 8. The molecule has 2 aromatic heterocycles. The van der Waals surface area contributed by atoms with Gasteiger partial charge in [-0.2, -0.15) is 5.26 Å². The van der Waals surface area contributed by atoms with Gasteiger partial charge in [-0.05, 0) is 42.2 Å². The summed E-state index contributed by atoms with van der Waals surface area (Å²) in [6.07, 6.45) is 6.12. The zero-order chi connectivity index (χ0) is 19.5. The molecule has 0 spiro atoms. The maximum atomic E-state index is 9.22. The van der Waals surface area contributed by atoms with E-state index in [2.05, 4.69) is 26.7 Å². The Kier molecular flexibility index (Phi) is 4.74. The Hall–Kier alpha value is -3.70. The standard InChI is InChI=1S/C20H18N6O2/c21-7-12-1-3-14-13(5-12)2-4-16(14)26-19-6-15(17(8-24-19)25-10-27)20(22)18-9-23-11-28-18/h1,3,5-6,8-9,11,16,22,25,27H,2,4,10H2,(H,24,26). The number of aromatic nitrogens is 2. The third-order valence-electron chi connectivity index (χ3n) is 4.79. The maximum absolute atomic E-state index is 9.22. The molecule has 8 heteroatoms. The van der Waals surface area contributed by atoms with Gasteiger partial charge in [0.15, 0.2) is 12.2 Å². The van der Waals surface area contributed by atoms with E-state index in [0.29, 0.717) is 28.4 Å². The zero-order valence-electron chi connectivity index (χ0n) is 14.9. The monoisotopic (exact) mass is 374 g/mol. The van der Waals surface area contributed by atoms with Crippen LogP contribution in [0.4, 0.5) is 11.5 Å². The second kappa shape index (κ2) is 7.50. The maximum Gasteiger partial charge on any atom is 0.181 e. The fourth-order valence-corrected chi connectivity index (χ4v) is 3.45. The van der Waals surface area contributed by atoms with Gasteiger partial charge in [0.25, 0.3) is 0 Å². The summed E-state index contributed by atoms with van der Waals surface area (Å²) in [5, 5.41) is 32.9. The molecule has 0 amide bonds. The molecule has 8 nitrogen and oxygen atoms in total. The van der Waals surface area contributed by atoms with Gasteiger partial charge < -0.3 is 20.2 Å². The highest BCUT2D eigenvalue weighted by molar-refractivity contribution is 6.12. The van der Waals surface area contributed by atoms with E-state index in [0.717, 1.165) is 18.4 Å². The summed E-state index contributed by atoms with van der Waals surface area (Å²) >= 11 is 0. The van der Waals surface area contributed by atoms with E-state index < -0.39 is 0 Å². The van der Waals surface area contributed by atoms with Crippen LogP contribution >= 0.6 is 0 Å². The predicted octanol–water partition coefficient (Wildman–Crippen LogP) is 2.82. The summed E-state index contributed by atoms with van der Waals surface area (Å²) in [4.78, 5) is 8.27. The number of pyridine rings is 1. The minimum Gasteiger partial charge on any atom is -0.442 e. The molecule has 1 atom stereocenters. The van der Waals surface area contributed by atoms with Crippen molar-refractivity contribution in [2.45, 2.75) is 18.9 Å². The van der Waals surface area contributed by atoms with Crippen molar-refractivity contribution in [3.05, 3.63) is 71.1 Å². The van der Waals surface area contributed by atoms with E-state index in [1.807, 2.05) is 18.2 Å². The molecule has 4 rings (SSSR count). The summed E-state index contributed by atoms with van der Waals surface area (Å²) in [7, 11) is 0. The molecule has 4 N–H and O–H groups in total. The van der Waals surface area contributed by atoms with Gasteiger partial charge in [0.05, 0.1) is 35.8 Å². The van der Waals surface area contributed by atoms with Gasteiger partial charge in [-0.1, -0.05) is 6.07 Å². The molecule has 1 aromatic carbocycles. The fourth-order valence-electron chi connectivity index (χ4n) is 3.45. The number of oxazole rings is 1. The van der Waals surface area contributed by atoms with Gasteiger partial charge in [0.1, 0.15) is 18.3 Å². The van der Waals surface area contributed by atoms with Crippen LogP contribution in [-0.4, -0.2) is 27.5 Å². The average Bonchev–Trinajstić information content (AvgIpc) is 3.39. The van der Waals surface area contributed by atoms with Crippen LogP contribution < -0.4 is 10.6 Å². The third kappa shape index (κ3) is 3.31. The van der Waals surface area contributed by atoms with Crippen LogP contribution in [-0.2, 0) is 6.42 Å². The molecule has 0 radical (unpaired) electrons. The lowest BCUT2D eigenvalue weighted by Crippen LogP contribution is -2.13. The van der Waals surface area contributed by atoms with E-state index in [-0.39, 0.29) is 18.5 Å². The van der Waals surface area contributed by atoms with Crippen molar-refractivity contribution in [3.8, 4) is 6.07 Å². The number of nitrogens with zero attached hydrogens (tertiary/aromatic N) is 3. The first-order valence-electron chi connectivity index (χ1n) is 8.81. The van der Waals surface area contributed by atoms with Crippen molar-refractivity contribution >= 4 is 17.2 Å². The number of aliphatic hydroxyl groups excluding tert-OH is 1. The van der Waals surface area contributed by atoms with Crippen LogP contribution in [0, 0.1) is 16.7 Å². The Morgan fingerprint density at radius 3 is 3.00 bits per heavy atom. The second-order valence-electron chi connectivity index (χ2n) is 6.45. The van der Waals surface area contributed by atoms with Crippen molar-refractivity contribution in [1.82, 2.24) is 9.97 Å². The average molecular weight is 374 g/mol. The number of fused-ring (bicyclic) bond motifs is 1.